The Hall–Kier alpha value is -1.97. The Labute approximate surface area is 132 Å². The summed E-state index contributed by atoms with van der Waals surface area (Å²) >= 11 is 0. The summed E-state index contributed by atoms with van der Waals surface area (Å²) in [4.78, 5) is 14.5. The molecule has 4 heteroatoms. The summed E-state index contributed by atoms with van der Waals surface area (Å²) in [6.07, 6.45) is 7.89. The van der Waals surface area contributed by atoms with Crippen LogP contribution in [0.4, 0.5) is 0 Å². The van der Waals surface area contributed by atoms with Crippen LogP contribution in [0.5, 0.6) is 11.5 Å². The fourth-order valence-electron chi connectivity index (χ4n) is 2.94. The van der Waals surface area contributed by atoms with Crippen LogP contribution in [0.2, 0.25) is 0 Å². The van der Waals surface area contributed by atoms with E-state index in [1.165, 1.54) is 6.42 Å². The summed E-state index contributed by atoms with van der Waals surface area (Å²) in [6.45, 7) is 3.00. The number of rotatable bonds is 5. The van der Waals surface area contributed by atoms with E-state index in [0.717, 1.165) is 42.9 Å². The van der Waals surface area contributed by atoms with Crippen molar-refractivity contribution in [3.05, 3.63) is 29.8 Å². The van der Waals surface area contributed by atoms with Crippen molar-refractivity contribution in [2.45, 2.75) is 38.6 Å². The fourth-order valence-corrected chi connectivity index (χ4v) is 2.94. The Balaban J connectivity index is 2.14. The number of carbonyl (C=O) groups is 1. The minimum Gasteiger partial charge on any atom is -0.497 e. The average Bonchev–Trinajstić information content (AvgIpc) is 2.59. The third kappa shape index (κ3) is 3.81. The zero-order valence-corrected chi connectivity index (χ0v) is 13.7. The van der Waals surface area contributed by atoms with Gasteiger partial charge in [-0.3, -0.25) is 4.79 Å². The van der Waals surface area contributed by atoms with E-state index in [1.54, 1.807) is 20.3 Å². The maximum atomic E-state index is 12.5. The molecule has 0 radical (unpaired) electrons. The maximum Gasteiger partial charge on any atom is 0.246 e. The van der Waals surface area contributed by atoms with Gasteiger partial charge in [0, 0.05) is 24.2 Å². The quantitative estimate of drug-likeness (QED) is 0.781. The Morgan fingerprint density at radius 2 is 2.14 bits per heavy atom. The number of piperidine rings is 1. The van der Waals surface area contributed by atoms with E-state index in [9.17, 15) is 4.79 Å². The summed E-state index contributed by atoms with van der Waals surface area (Å²) in [7, 11) is 3.25. The first-order valence-corrected chi connectivity index (χ1v) is 7.90. The molecule has 1 aromatic carbocycles. The van der Waals surface area contributed by atoms with Gasteiger partial charge in [0.25, 0.3) is 0 Å². The topological polar surface area (TPSA) is 38.8 Å². The highest BCUT2D eigenvalue weighted by Crippen LogP contribution is 2.25. The molecule has 0 N–H and O–H groups in total. The molecule has 0 aromatic heterocycles. The molecule has 1 heterocycles. The Bertz CT molecular complexity index is 539. The van der Waals surface area contributed by atoms with E-state index >= 15 is 0 Å². The van der Waals surface area contributed by atoms with Crippen molar-refractivity contribution < 1.29 is 14.3 Å². The second-order valence-electron chi connectivity index (χ2n) is 5.53. The van der Waals surface area contributed by atoms with Crippen LogP contribution >= 0.6 is 0 Å². The van der Waals surface area contributed by atoms with Gasteiger partial charge in [-0.1, -0.05) is 6.92 Å². The standard InChI is InChI=1S/C18H25NO3/c1-4-15-7-5-6-12-19(15)18(20)11-8-14-13-16(21-2)9-10-17(14)22-3/h8-11,13,15H,4-7,12H2,1-3H3. The first-order valence-electron chi connectivity index (χ1n) is 7.90. The van der Waals surface area contributed by atoms with Gasteiger partial charge in [0.15, 0.2) is 0 Å². The first-order chi connectivity index (χ1) is 10.7. The Morgan fingerprint density at radius 1 is 1.32 bits per heavy atom. The van der Waals surface area contributed by atoms with Gasteiger partial charge >= 0.3 is 0 Å². The molecule has 120 valence electrons. The van der Waals surface area contributed by atoms with E-state index in [4.69, 9.17) is 9.47 Å². The van der Waals surface area contributed by atoms with Gasteiger partial charge in [-0.25, -0.2) is 0 Å². The molecule has 2 rings (SSSR count). The molecule has 0 aliphatic carbocycles. The molecule has 1 atom stereocenters. The largest absolute Gasteiger partial charge is 0.497 e. The number of likely N-dealkylation sites (tertiary alicyclic amines) is 1. The van der Waals surface area contributed by atoms with Crippen molar-refractivity contribution in [3.63, 3.8) is 0 Å². The molecule has 1 aromatic rings. The lowest BCUT2D eigenvalue weighted by molar-refractivity contribution is -0.129. The van der Waals surface area contributed by atoms with E-state index in [-0.39, 0.29) is 5.91 Å². The van der Waals surface area contributed by atoms with Crippen LogP contribution in [-0.4, -0.2) is 37.6 Å². The van der Waals surface area contributed by atoms with Crippen molar-refractivity contribution in [3.8, 4) is 11.5 Å². The van der Waals surface area contributed by atoms with Gasteiger partial charge in [-0.2, -0.15) is 0 Å². The molecule has 1 unspecified atom stereocenters. The molecule has 1 saturated heterocycles. The predicted octanol–water partition coefficient (Wildman–Crippen LogP) is 3.51. The summed E-state index contributed by atoms with van der Waals surface area (Å²) in [5.41, 5.74) is 0.847. The van der Waals surface area contributed by atoms with Gasteiger partial charge in [0.1, 0.15) is 11.5 Å². The minimum atomic E-state index is 0.0800. The van der Waals surface area contributed by atoms with Gasteiger partial charge in [-0.15, -0.1) is 0 Å². The second-order valence-corrected chi connectivity index (χ2v) is 5.53. The van der Waals surface area contributed by atoms with E-state index in [2.05, 4.69) is 6.92 Å². The number of methoxy groups -OCH3 is 2. The van der Waals surface area contributed by atoms with Crippen LogP contribution in [0.15, 0.2) is 24.3 Å². The molecule has 22 heavy (non-hydrogen) atoms. The monoisotopic (exact) mass is 303 g/mol. The van der Waals surface area contributed by atoms with Gasteiger partial charge in [0.05, 0.1) is 14.2 Å². The third-order valence-corrected chi connectivity index (χ3v) is 4.22. The number of hydrogen-bond acceptors (Lipinski definition) is 3. The molecule has 0 bridgehead atoms. The summed E-state index contributed by atoms with van der Waals surface area (Å²) in [5.74, 6) is 1.56. The fraction of sp³-hybridized carbons (Fsp3) is 0.500. The molecule has 1 fully saturated rings. The third-order valence-electron chi connectivity index (χ3n) is 4.22. The minimum absolute atomic E-state index is 0.0800. The van der Waals surface area contributed by atoms with Gasteiger partial charge in [0.2, 0.25) is 5.91 Å². The van der Waals surface area contributed by atoms with Crippen LogP contribution in [0.25, 0.3) is 6.08 Å². The second kappa shape index (κ2) is 7.87. The van der Waals surface area contributed by atoms with Gasteiger partial charge < -0.3 is 14.4 Å². The molecular weight excluding hydrogens is 278 g/mol. The van der Waals surface area contributed by atoms with Gasteiger partial charge in [-0.05, 0) is 50.0 Å². The summed E-state index contributed by atoms with van der Waals surface area (Å²) in [6, 6.07) is 5.93. The molecule has 1 aliphatic heterocycles. The molecular formula is C18H25NO3. The van der Waals surface area contributed by atoms with Crippen molar-refractivity contribution in [1.82, 2.24) is 4.90 Å². The van der Waals surface area contributed by atoms with Crippen LogP contribution in [0.1, 0.15) is 38.2 Å². The molecule has 0 spiro atoms. The van der Waals surface area contributed by atoms with Crippen molar-refractivity contribution in [2.24, 2.45) is 0 Å². The number of ether oxygens (including phenoxy) is 2. The van der Waals surface area contributed by atoms with Crippen LogP contribution in [-0.2, 0) is 4.79 Å². The summed E-state index contributed by atoms with van der Waals surface area (Å²) < 4.78 is 10.6. The van der Waals surface area contributed by atoms with Crippen LogP contribution < -0.4 is 9.47 Å². The number of carbonyl (C=O) groups excluding carboxylic acids is 1. The number of amides is 1. The average molecular weight is 303 g/mol. The number of benzene rings is 1. The van der Waals surface area contributed by atoms with Crippen LogP contribution in [0, 0.1) is 0 Å². The maximum absolute atomic E-state index is 12.5. The highest BCUT2D eigenvalue weighted by atomic mass is 16.5. The number of nitrogens with zero attached hydrogens (tertiary/aromatic N) is 1. The van der Waals surface area contributed by atoms with Crippen molar-refractivity contribution in [1.29, 1.82) is 0 Å². The normalized spacial score (nSPS) is 18.5. The lowest BCUT2D eigenvalue weighted by atomic mass is 10.00. The zero-order chi connectivity index (χ0) is 15.9. The molecule has 1 aliphatic rings. The van der Waals surface area contributed by atoms with Crippen molar-refractivity contribution >= 4 is 12.0 Å². The lowest BCUT2D eigenvalue weighted by Gasteiger charge is -2.34. The smallest absolute Gasteiger partial charge is 0.246 e. The molecule has 4 nitrogen and oxygen atoms in total. The molecule has 1 amide bonds. The first kappa shape index (κ1) is 16.4. The Morgan fingerprint density at radius 3 is 2.82 bits per heavy atom. The highest BCUT2D eigenvalue weighted by Gasteiger charge is 2.23. The zero-order valence-electron chi connectivity index (χ0n) is 13.7. The number of hydrogen-bond donors (Lipinski definition) is 0. The highest BCUT2D eigenvalue weighted by molar-refractivity contribution is 5.92. The predicted molar refractivity (Wildman–Crippen MR) is 88.2 cm³/mol. The van der Waals surface area contributed by atoms with Crippen LogP contribution in [0.3, 0.4) is 0 Å². The lowest BCUT2D eigenvalue weighted by Crippen LogP contribution is -2.42. The van der Waals surface area contributed by atoms with Crippen molar-refractivity contribution in [2.75, 3.05) is 20.8 Å². The molecule has 0 saturated carbocycles. The van der Waals surface area contributed by atoms with E-state index < -0.39 is 0 Å². The summed E-state index contributed by atoms with van der Waals surface area (Å²) in [5, 5.41) is 0. The van der Waals surface area contributed by atoms with E-state index in [0.29, 0.717) is 6.04 Å². The SMILES string of the molecule is CCC1CCCCN1C(=O)C=Cc1cc(OC)ccc1OC. The van der Waals surface area contributed by atoms with E-state index in [1.807, 2.05) is 29.2 Å². The Kier molecular flexibility index (Phi) is 5.87.